The van der Waals surface area contributed by atoms with Crippen LogP contribution in [0.25, 0.3) is 11.3 Å². The Morgan fingerprint density at radius 1 is 1.44 bits per heavy atom. The molecule has 0 radical (unpaired) electrons. The molecule has 1 heterocycles. The molecule has 0 aliphatic rings. The van der Waals surface area contributed by atoms with Gasteiger partial charge in [0.15, 0.2) is 0 Å². The summed E-state index contributed by atoms with van der Waals surface area (Å²) >= 11 is 5.14. The number of hydrogen-bond acceptors (Lipinski definition) is 4. The Morgan fingerprint density at radius 2 is 2.28 bits per heavy atom. The van der Waals surface area contributed by atoms with Gasteiger partial charge in [0.25, 0.3) is 0 Å². The zero-order chi connectivity index (χ0) is 13.0. The minimum absolute atomic E-state index is 0.817. The number of rotatable bonds is 5. The molecule has 0 aliphatic carbocycles. The van der Waals surface area contributed by atoms with Gasteiger partial charge in [0, 0.05) is 22.0 Å². The van der Waals surface area contributed by atoms with Crippen molar-refractivity contribution in [1.82, 2.24) is 10.3 Å². The van der Waals surface area contributed by atoms with Crippen LogP contribution in [0, 0.1) is 0 Å². The van der Waals surface area contributed by atoms with E-state index >= 15 is 0 Å². The summed E-state index contributed by atoms with van der Waals surface area (Å²) in [6.07, 6.45) is 0. The molecule has 2 rings (SSSR count). The third kappa shape index (κ3) is 3.10. The van der Waals surface area contributed by atoms with E-state index < -0.39 is 0 Å². The average Bonchev–Trinajstić information content (AvgIpc) is 2.85. The Labute approximate surface area is 119 Å². The molecule has 5 heteroatoms. The Kier molecular flexibility index (Phi) is 4.74. The lowest BCUT2D eigenvalue weighted by Gasteiger charge is -2.06. The van der Waals surface area contributed by atoms with Crippen molar-refractivity contribution in [3.63, 3.8) is 0 Å². The maximum Gasteiger partial charge on any atom is 0.128 e. The molecule has 0 saturated heterocycles. The first-order valence-corrected chi connectivity index (χ1v) is 7.41. The first-order valence-electron chi connectivity index (χ1n) is 5.73. The normalized spacial score (nSPS) is 10.6. The largest absolute Gasteiger partial charge is 0.496 e. The molecule has 0 spiro atoms. The maximum atomic E-state index is 5.37. The number of hydrogen-bond donors (Lipinski definition) is 1. The predicted octanol–water partition coefficient (Wildman–Crippen LogP) is 3.69. The van der Waals surface area contributed by atoms with E-state index in [4.69, 9.17) is 4.74 Å². The van der Waals surface area contributed by atoms with E-state index in [2.05, 4.69) is 38.5 Å². The topological polar surface area (TPSA) is 34.2 Å². The van der Waals surface area contributed by atoms with Crippen LogP contribution in [-0.2, 0) is 6.54 Å². The zero-order valence-electron chi connectivity index (χ0n) is 10.4. The van der Waals surface area contributed by atoms with Gasteiger partial charge >= 0.3 is 0 Å². The molecular weight excluding hydrogens is 312 g/mol. The van der Waals surface area contributed by atoms with E-state index in [1.54, 1.807) is 18.4 Å². The molecule has 0 aliphatic heterocycles. The second kappa shape index (κ2) is 6.31. The van der Waals surface area contributed by atoms with Crippen LogP contribution in [0.3, 0.4) is 0 Å². The van der Waals surface area contributed by atoms with Crippen molar-refractivity contribution >= 4 is 27.3 Å². The summed E-state index contributed by atoms with van der Waals surface area (Å²) in [6, 6.07) is 5.95. The molecular formula is C13H15BrN2OS. The van der Waals surface area contributed by atoms with Gasteiger partial charge in [0.05, 0.1) is 12.8 Å². The van der Waals surface area contributed by atoms with Crippen molar-refractivity contribution in [2.45, 2.75) is 13.5 Å². The fourth-order valence-electron chi connectivity index (χ4n) is 1.63. The van der Waals surface area contributed by atoms with E-state index in [-0.39, 0.29) is 0 Å². The summed E-state index contributed by atoms with van der Waals surface area (Å²) in [4.78, 5) is 4.62. The maximum absolute atomic E-state index is 5.37. The standard InChI is InChI=1S/C13H15BrN2OS/c1-3-15-7-13-16-11(8-18-13)10-6-9(14)4-5-12(10)17-2/h4-6,8,15H,3,7H2,1-2H3. The van der Waals surface area contributed by atoms with Gasteiger partial charge in [0.1, 0.15) is 10.8 Å². The summed E-state index contributed by atoms with van der Waals surface area (Å²) in [5, 5.41) is 6.43. The lowest BCUT2D eigenvalue weighted by molar-refractivity contribution is 0.416. The van der Waals surface area contributed by atoms with Gasteiger partial charge in [-0.05, 0) is 24.7 Å². The van der Waals surface area contributed by atoms with Crippen LogP contribution >= 0.6 is 27.3 Å². The molecule has 3 nitrogen and oxygen atoms in total. The van der Waals surface area contributed by atoms with Gasteiger partial charge < -0.3 is 10.1 Å². The van der Waals surface area contributed by atoms with Crippen molar-refractivity contribution in [2.75, 3.05) is 13.7 Å². The van der Waals surface area contributed by atoms with Gasteiger partial charge in [0.2, 0.25) is 0 Å². The molecule has 1 aromatic carbocycles. The number of methoxy groups -OCH3 is 1. The van der Waals surface area contributed by atoms with E-state index in [1.807, 2.05) is 18.2 Å². The molecule has 1 aromatic heterocycles. The molecule has 96 valence electrons. The Morgan fingerprint density at radius 3 is 3.00 bits per heavy atom. The molecule has 18 heavy (non-hydrogen) atoms. The van der Waals surface area contributed by atoms with Gasteiger partial charge in [-0.15, -0.1) is 11.3 Å². The lowest BCUT2D eigenvalue weighted by Crippen LogP contribution is -2.11. The van der Waals surface area contributed by atoms with Gasteiger partial charge in [-0.25, -0.2) is 4.98 Å². The summed E-state index contributed by atoms with van der Waals surface area (Å²) in [6.45, 7) is 3.86. The van der Waals surface area contributed by atoms with Crippen LogP contribution in [0.5, 0.6) is 5.75 Å². The molecule has 0 amide bonds. The predicted molar refractivity (Wildman–Crippen MR) is 79.2 cm³/mol. The Hall–Kier alpha value is -0.910. The number of nitrogens with one attached hydrogen (secondary N) is 1. The summed E-state index contributed by atoms with van der Waals surface area (Å²) < 4.78 is 6.40. The first-order chi connectivity index (χ1) is 8.74. The number of ether oxygens (including phenoxy) is 1. The van der Waals surface area contributed by atoms with Gasteiger partial charge in [-0.1, -0.05) is 22.9 Å². The quantitative estimate of drug-likeness (QED) is 0.909. The van der Waals surface area contributed by atoms with Crippen molar-refractivity contribution in [1.29, 1.82) is 0 Å². The fourth-order valence-corrected chi connectivity index (χ4v) is 2.75. The highest BCUT2D eigenvalue weighted by molar-refractivity contribution is 9.10. The minimum Gasteiger partial charge on any atom is -0.496 e. The molecule has 0 atom stereocenters. The third-order valence-electron chi connectivity index (χ3n) is 2.52. The van der Waals surface area contributed by atoms with Crippen LogP contribution < -0.4 is 10.1 Å². The number of aromatic nitrogens is 1. The van der Waals surface area contributed by atoms with Crippen LogP contribution in [0.4, 0.5) is 0 Å². The molecule has 0 saturated carbocycles. The second-order valence-corrected chi connectivity index (χ2v) is 5.61. The summed E-state index contributed by atoms with van der Waals surface area (Å²) in [5.41, 5.74) is 1.98. The van der Waals surface area contributed by atoms with E-state index in [9.17, 15) is 0 Å². The lowest BCUT2D eigenvalue weighted by atomic mass is 10.1. The molecule has 0 fully saturated rings. The smallest absolute Gasteiger partial charge is 0.128 e. The highest BCUT2D eigenvalue weighted by Gasteiger charge is 2.10. The molecule has 2 aromatic rings. The Bertz CT molecular complexity index is 527. The highest BCUT2D eigenvalue weighted by atomic mass is 79.9. The van der Waals surface area contributed by atoms with Crippen molar-refractivity contribution in [2.24, 2.45) is 0 Å². The average molecular weight is 327 g/mol. The number of nitrogens with zero attached hydrogens (tertiary/aromatic N) is 1. The van der Waals surface area contributed by atoms with E-state index in [0.717, 1.165) is 39.6 Å². The number of benzene rings is 1. The van der Waals surface area contributed by atoms with Gasteiger partial charge in [-0.3, -0.25) is 0 Å². The number of halogens is 1. The van der Waals surface area contributed by atoms with Crippen LogP contribution in [-0.4, -0.2) is 18.6 Å². The van der Waals surface area contributed by atoms with E-state index in [1.165, 1.54) is 0 Å². The van der Waals surface area contributed by atoms with Crippen LogP contribution in [0.2, 0.25) is 0 Å². The van der Waals surface area contributed by atoms with Gasteiger partial charge in [-0.2, -0.15) is 0 Å². The fraction of sp³-hybridized carbons (Fsp3) is 0.308. The molecule has 0 unspecified atom stereocenters. The summed E-state index contributed by atoms with van der Waals surface area (Å²) in [7, 11) is 1.68. The third-order valence-corrected chi connectivity index (χ3v) is 3.86. The van der Waals surface area contributed by atoms with Crippen LogP contribution in [0.1, 0.15) is 11.9 Å². The monoisotopic (exact) mass is 326 g/mol. The van der Waals surface area contributed by atoms with Crippen LogP contribution in [0.15, 0.2) is 28.1 Å². The first kappa shape index (κ1) is 13.5. The molecule has 1 N–H and O–H groups in total. The second-order valence-electron chi connectivity index (χ2n) is 3.75. The van der Waals surface area contributed by atoms with Crippen molar-refractivity contribution in [3.8, 4) is 17.0 Å². The van der Waals surface area contributed by atoms with Crippen molar-refractivity contribution in [3.05, 3.63) is 33.1 Å². The SMILES string of the molecule is CCNCc1nc(-c2cc(Br)ccc2OC)cs1. The van der Waals surface area contributed by atoms with Crippen molar-refractivity contribution < 1.29 is 4.74 Å². The molecule has 0 bridgehead atoms. The highest BCUT2D eigenvalue weighted by Crippen LogP contribution is 2.33. The minimum atomic E-state index is 0.817. The van der Waals surface area contributed by atoms with E-state index in [0.29, 0.717) is 0 Å². The number of thiazole rings is 1. The Balaban J connectivity index is 2.30. The zero-order valence-corrected chi connectivity index (χ0v) is 12.8. The summed E-state index contributed by atoms with van der Waals surface area (Å²) in [5.74, 6) is 0.846.